The first-order valence-electron chi connectivity index (χ1n) is 9.61. The SMILES string of the molecule is CNC(=O)c1cccc(C2C(C#N)=C(C)NC(c3cccc(NC(C)=O)c3)=C2C#N)c1. The molecule has 1 heterocycles. The van der Waals surface area contributed by atoms with Crippen LogP contribution in [-0.2, 0) is 4.79 Å². The standard InChI is InChI=1S/C24H21N5O2/c1-14-20(12-25)22(16-6-4-8-18(10-16)24(31)27-3)21(13-26)23(28-14)17-7-5-9-19(11-17)29-15(2)30/h4-11,22,28H,1-3H3,(H,27,31)(H,29,30). The van der Waals surface area contributed by atoms with E-state index in [9.17, 15) is 20.1 Å². The van der Waals surface area contributed by atoms with Gasteiger partial charge in [-0.1, -0.05) is 24.3 Å². The first-order valence-corrected chi connectivity index (χ1v) is 9.61. The van der Waals surface area contributed by atoms with E-state index in [1.165, 1.54) is 6.92 Å². The first-order chi connectivity index (χ1) is 14.9. The molecule has 2 aromatic carbocycles. The highest BCUT2D eigenvalue weighted by molar-refractivity contribution is 5.94. The topological polar surface area (TPSA) is 118 Å². The van der Waals surface area contributed by atoms with E-state index in [0.29, 0.717) is 44.9 Å². The molecule has 31 heavy (non-hydrogen) atoms. The summed E-state index contributed by atoms with van der Waals surface area (Å²) in [5, 5.41) is 28.4. The van der Waals surface area contributed by atoms with E-state index in [4.69, 9.17) is 0 Å². The lowest BCUT2D eigenvalue weighted by atomic mass is 9.80. The molecule has 0 bridgehead atoms. The summed E-state index contributed by atoms with van der Waals surface area (Å²) < 4.78 is 0. The van der Waals surface area contributed by atoms with Gasteiger partial charge in [0.05, 0.1) is 34.9 Å². The van der Waals surface area contributed by atoms with E-state index in [1.54, 1.807) is 56.4 Å². The van der Waals surface area contributed by atoms with Crippen LogP contribution in [0.4, 0.5) is 5.69 Å². The quantitative estimate of drug-likeness (QED) is 0.712. The number of carbonyl (C=O) groups excluding carboxylic acids is 2. The van der Waals surface area contributed by atoms with Crippen LogP contribution in [0.15, 0.2) is 65.4 Å². The average molecular weight is 411 g/mol. The van der Waals surface area contributed by atoms with Gasteiger partial charge in [-0.25, -0.2) is 0 Å². The molecule has 2 amide bonds. The van der Waals surface area contributed by atoms with E-state index in [-0.39, 0.29) is 11.8 Å². The molecule has 0 fully saturated rings. The molecule has 1 unspecified atom stereocenters. The van der Waals surface area contributed by atoms with Gasteiger partial charge in [0.1, 0.15) is 0 Å². The molecule has 3 N–H and O–H groups in total. The smallest absolute Gasteiger partial charge is 0.251 e. The second-order valence-electron chi connectivity index (χ2n) is 7.08. The van der Waals surface area contributed by atoms with Crippen molar-refractivity contribution in [1.29, 1.82) is 10.5 Å². The fraction of sp³-hybridized carbons (Fsp3) is 0.167. The molecule has 2 aromatic rings. The number of benzene rings is 2. The number of carbonyl (C=O) groups is 2. The number of rotatable bonds is 4. The van der Waals surface area contributed by atoms with Crippen molar-refractivity contribution in [3.63, 3.8) is 0 Å². The van der Waals surface area contributed by atoms with Gasteiger partial charge < -0.3 is 16.0 Å². The number of nitriles is 2. The Labute approximate surface area is 180 Å². The van der Waals surface area contributed by atoms with Gasteiger partial charge in [-0.15, -0.1) is 0 Å². The summed E-state index contributed by atoms with van der Waals surface area (Å²) in [7, 11) is 1.55. The third-order valence-electron chi connectivity index (χ3n) is 4.98. The van der Waals surface area contributed by atoms with Crippen LogP contribution in [0.25, 0.3) is 5.70 Å². The summed E-state index contributed by atoms with van der Waals surface area (Å²) in [6, 6.07) is 18.5. The van der Waals surface area contributed by atoms with E-state index in [2.05, 4.69) is 28.1 Å². The molecule has 1 atom stereocenters. The number of nitrogens with one attached hydrogen (secondary N) is 3. The Hall–Kier alpha value is -4.36. The maximum atomic E-state index is 12.1. The minimum absolute atomic E-state index is 0.199. The summed E-state index contributed by atoms with van der Waals surface area (Å²) in [6.07, 6.45) is 0. The lowest BCUT2D eigenvalue weighted by Gasteiger charge is -2.28. The molecule has 0 saturated heterocycles. The molecule has 1 aliphatic heterocycles. The maximum absolute atomic E-state index is 12.1. The van der Waals surface area contributed by atoms with Gasteiger partial charge in [-0.2, -0.15) is 10.5 Å². The minimum Gasteiger partial charge on any atom is -0.357 e. The molecule has 0 aromatic heterocycles. The number of anilines is 1. The van der Waals surface area contributed by atoms with Crippen molar-refractivity contribution in [3.8, 4) is 12.1 Å². The number of allylic oxidation sites excluding steroid dienone is 3. The Balaban J connectivity index is 2.19. The van der Waals surface area contributed by atoms with Crippen LogP contribution >= 0.6 is 0 Å². The van der Waals surface area contributed by atoms with Gasteiger partial charge in [-0.3, -0.25) is 9.59 Å². The van der Waals surface area contributed by atoms with Crippen molar-refractivity contribution in [2.75, 3.05) is 12.4 Å². The van der Waals surface area contributed by atoms with Crippen molar-refractivity contribution in [3.05, 3.63) is 82.1 Å². The van der Waals surface area contributed by atoms with Crippen LogP contribution in [0.2, 0.25) is 0 Å². The Kier molecular flexibility index (Phi) is 6.18. The van der Waals surface area contributed by atoms with Gasteiger partial charge in [0.2, 0.25) is 5.91 Å². The van der Waals surface area contributed by atoms with Gasteiger partial charge >= 0.3 is 0 Å². The predicted octanol–water partition coefficient (Wildman–Crippen LogP) is 3.42. The van der Waals surface area contributed by atoms with Crippen LogP contribution < -0.4 is 16.0 Å². The highest BCUT2D eigenvalue weighted by atomic mass is 16.2. The van der Waals surface area contributed by atoms with E-state index in [1.807, 2.05) is 6.07 Å². The number of amides is 2. The van der Waals surface area contributed by atoms with Crippen LogP contribution in [0.5, 0.6) is 0 Å². The monoisotopic (exact) mass is 411 g/mol. The van der Waals surface area contributed by atoms with Crippen LogP contribution in [0.1, 0.15) is 41.3 Å². The third kappa shape index (κ3) is 4.31. The van der Waals surface area contributed by atoms with E-state index >= 15 is 0 Å². The molecular weight excluding hydrogens is 390 g/mol. The van der Waals surface area contributed by atoms with Gasteiger partial charge in [-0.05, 0) is 36.8 Å². The zero-order chi connectivity index (χ0) is 22.5. The highest BCUT2D eigenvalue weighted by Crippen LogP contribution is 2.40. The van der Waals surface area contributed by atoms with Crippen molar-refractivity contribution in [1.82, 2.24) is 10.6 Å². The van der Waals surface area contributed by atoms with E-state index < -0.39 is 5.92 Å². The second kappa shape index (κ2) is 8.98. The number of hydrogen-bond acceptors (Lipinski definition) is 5. The second-order valence-corrected chi connectivity index (χ2v) is 7.08. The Morgan fingerprint density at radius 2 is 1.74 bits per heavy atom. The molecule has 0 aliphatic carbocycles. The molecule has 0 saturated carbocycles. The Morgan fingerprint density at radius 1 is 1.03 bits per heavy atom. The Bertz CT molecular complexity index is 1210. The number of dihydropyridines is 1. The van der Waals surface area contributed by atoms with E-state index in [0.717, 1.165) is 0 Å². The summed E-state index contributed by atoms with van der Waals surface area (Å²) >= 11 is 0. The zero-order valence-corrected chi connectivity index (χ0v) is 17.4. The summed E-state index contributed by atoms with van der Waals surface area (Å²) in [5.74, 6) is -1.07. The fourth-order valence-electron chi connectivity index (χ4n) is 3.62. The first kappa shape index (κ1) is 21.4. The summed E-state index contributed by atoms with van der Waals surface area (Å²) in [6.45, 7) is 3.20. The average Bonchev–Trinajstić information content (AvgIpc) is 2.77. The van der Waals surface area contributed by atoms with Crippen LogP contribution in [0.3, 0.4) is 0 Å². The zero-order valence-electron chi connectivity index (χ0n) is 17.4. The molecule has 1 aliphatic rings. The maximum Gasteiger partial charge on any atom is 0.251 e. The van der Waals surface area contributed by atoms with Crippen molar-refractivity contribution < 1.29 is 9.59 Å². The van der Waals surface area contributed by atoms with Crippen molar-refractivity contribution in [2.24, 2.45) is 0 Å². The molecule has 7 heteroatoms. The molecule has 3 rings (SSSR count). The molecule has 7 nitrogen and oxygen atoms in total. The van der Waals surface area contributed by atoms with Crippen molar-refractivity contribution in [2.45, 2.75) is 19.8 Å². The normalized spacial score (nSPS) is 15.5. The predicted molar refractivity (Wildman–Crippen MR) is 117 cm³/mol. The lowest BCUT2D eigenvalue weighted by molar-refractivity contribution is -0.114. The number of hydrogen-bond donors (Lipinski definition) is 3. The fourth-order valence-corrected chi connectivity index (χ4v) is 3.62. The van der Waals surface area contributed by atoms with Gasteiger partial charge in [0, 0.05) is 36.5 Å². The molecule has 154 valence electrons. The highest BCUT2D eigenvalue weighted by Gasteiger charge is 2.31. The van der Waals surface area contributed by atoms with Gasteiger partial charge in [0.25, 0.3) is 5.91 Å². The minimum atomic E-state index is -0.625. The molecule has 0 radical (unpaired) electrons. The summed E-state index contributed by atoms with van der Waals surface area (Å²) in [5.41, 5.74) is 4.36. The Morgan fingerprint density at radius 3 is 2.39 bits per heavy atom. The van der Waals surface area contributed by atoms with Crippen LogP contribution in [0, 0.1) is 22.7 Å². The van der Waals surface area contributed by atoms with Gasteiger partial charge in [0.15, 0.2) is 0 Å². The molecule has 0 spiro atoms. The molecular formula is C24H21N5O2. The number of nitrogens with zero attached hydrogens (tertiary/aromatic N) is 2. The van der Waals surface area contributed by atoms with Crippen LogP contribution in [-0.4, -0.2) is 18.9 Å². The van der Waals surface area contributed by atoms with Crippen molar-refractivity contribution >= 4 is 23.2 Å². The summed E-state index contributed by atoms with van der Waals surface area (Å²) in [4.78, 5) is 23.6. The lowest BCUT2D eigenvalue weighted by Crippen LogP contribution is -2.24. The third-order valence-corrected chi connectivity index (χ3v) is 4.98. The largest absolute Gasteiger partial charge is 0.357 e.